The molecule has 0 saturated heterocycles. The second-order valence-corrected chi connectivity index (χ2v) is 8.60. The van der Waals surface area contributed by atoms with Crippen LogP contribution in [-0.2, 0) is 11.2 Å². The number of likely N-dealkylation sites (N-methyl/N-ethyl adjacent to an activating group) is 1. The summed E-state index contributed by atoms with van der Waals surface area (Å²) in [5.41, 5.74) is 3.07. The zero-order valence-corrected chi connectivity index (χ0v) is 19.3. The van der Waals surface area contributed by atoms with Gasteiger partial charge in [0.1, 0.15) is 6.04 Å². The van der Waals surface area contributed by atoms with Crippen molar-refractivity contribution in [1.29, 1.82) is 0 Å². The van der Waals surface area contributed by atoms with E-state index in [1.807, 2.05) is 30.3 Å². The topological polar surface area (TPSA) is 63.2 Å². The Morgan fingerprint density at radius 3 is 2.59 bits per heavy atom. The molecule has 1 unspecified atom stereocenters. The fourth-order valence-electron chi connectivity index (χ4n) is 4.52. The van der Waals surface area contributed by atoms with Crippen LogP contribution < -0.4 is 23.7 Å². The third-order valence-electron chi connectivity index (χ3n) is 6.35. The molecule has 0 spiro atoms. The Morgan fingerprint density at radius 2 is 1.88 bits per heavy atom. The number of hydrogen-bond donors (Lipinski definition) is 0. The average molecular weight is 441 g/mol. The zero-order chi connectivity index (χ0) is 22.9. The Balaban J connectivity index is 1.61. The normalized spacial score (nSPS) is 18.3. The third kappa shape index (κ3) is 4.00. The number of methoxy groups -OCH3 is 3. The fraction of sp³-hybridized carbons (Fsp3) is 0.400. The summed E-state index contributed by atoms with van der Waals surface area (Å²) >= 11 is 0. The zero-order valence-electron chi connectivity index (χ0n) is 19.3. The van der Waals surface area contributed by atoms with Crippen molar-refractivity contribution in [1.82, 2.24) is 0 Å². The molecule has 4 rings (SSSR count). The van der Waals surface area contributed by atoms with Gasteiger partial charge < -0.3 is 28.2 Å². The van der Waals surface area contributed by atoms with Gasteiger partial charge in [0, 0.05) is 6.42 Å². The summed E-state index contributed by atoms with van der Waals surface area (Å²) in [6.07, 6.45) is 4.70. The molecule has 2 aliphatic heterocycles. The van der Waals surface area contributed by atoms with Crippen LogP contribution in [0.4, 0.5) is 0 Å². The number of ketones is 1. The van der Waals surface area contributed by atoms with E-state index in [4.69, 9.17) is 23.7 Å². The molecule has 1 atom stereocenters. The van der Waals surface area contributed by atoms with Crippen molar-refractivity contribution < 1.29 is 33.0 Å². The largest absolute Gasteiger partial charge is 0.493 e. The van der Waals surface area contributed by atoms with Gasteiger partial charge >= 0.3 is 0 Å². The predicted octanol–water partition coefficient (Wildman–Crippen LogP) is 3.79. The standard InChI is InChI=1S/C25H30NO6/c1-26(2)11-10-17-13-22-24(32-15-31-22)25(30-5)23(17)19(26)14-18(27)8-6-16-7-9-20(28-3)21(12-16)29-4/h6-9,12-13,19H,10-11,14-15H2,1-5H3/q+1/b8-6+. The van der Waals surface area contributed by atoms with Crippen LogP contribution in [-0.4, -0.2) is 59.0 Å². The van der Waals surface area contributed by atoms with E-state index in [2.05, 4.69) is 14.1 Å². The van der Waals surface area contributed by atoms with Gasteiger partial charge in [0.25, 0.3) is 0 Å². The maximum absolute atomic E-state index is 13.0. The van der Waals surface area contributed by atoms with Crippen molar-refractivity contribution in [2.45, 2.75) is 18.9 Å². The Labute approximate surface area is 188 Å². The van der Waals surface area contributed by atoms with E-state index in [9.17, 15) is 4.79 Å². The lowest BCUT2D eigenvalue weighted by molar-refractivity contribution is -0.922. The molecular formula is C25H30NO6+. The van der Waals surface area contributed by atoms with E-state index in [0.717, 1.165) is 29.7 Å². The highest BCUT2D eigenvalue weighted by molar-refractivity contribution is 5.94. The number of carbonyl (C=O) groups is 1. The number of benzene rings is 2. The SMILES string of the molecule is COc1ccc(/C=C/C(=O)CC2c3c(cc4c(c3OC)OCO4)CC[N+]2(C)C)cc1OC. The van der Waals surface area contributed by atoms with Crippen LogP contribution in [0, 0.1) is 0 Å². The quantitative estimate of drug-likeness (QED) is 0.482. The molecule has 170 valence electrons. The minimum atomic E-state index is -0.0502. The second-order valence-electron chi connectivity index (χ2n) is 8.60. The van der Waals surface area contributed by atoms with Gasteiger partial charge in [0.2, 0.25) is 12.5 Å². The summed E-state index contributed by atoms with van der Waals surface area (Å²) in [6.45, 7) is 1.11. The number of ether oxygens (including phenoxy) is 5. The van der Waals surface area contributed by atoms with Gasteiger partial charge in [-0.1, -0.05) is 12.1 Å². The number of fused-ring (bicyclic) bond motifs is 2. The van der Waals surface area contributed by atoms with E-state index in [1.54, 1.807) is 27.4 Å². The number of quaternary nitrogens is 1. The molecule has 0 fully saturated rings. The Morgan fingerprint density at radius 1 is 1.09 bits per heavy atom. The number of carbonyl (C=O) groups excluding carboxylic acids is 1. The lowest BCUT2D eigenvalue weighted by Crippen LogP contribution is -2.48. The molecule has 7 nitrogen and oxygen atoms in total. The highest BCUT2D eigenvalue weighted by atomic mass is 16.7. The van der Waals surface area contributed by atoms with Crippen LogP contribution in [0.15, 0.2) is 30.3 Å². The minimum absolute atomic E-state index is 0.0450. The summed E-state index contributed by atoms with van der Waals surface area (Å²) in [7, 11) is 9.14. The molecule has 2 aliphatic rings. The first kappa shape index (κ1) is 22.0. The highest BCUT2D eigenvalue weighted by Gasteiger charge is 2.41. The lowest BCUT2D eigenvalue weighted by atomic mass is 9.86. The summed E-state index contributed by atoms with van der Waals surface area (Å²) in [4.78, 5) is 13.0. The van der Waals surface area contributed by atoms with Gasteiger partial charge in [-0.05, 0) is 35.4 Å². The highest BCUT2D eigenvalue weighted by Crippen LogP contribution is 2.51. The van der Waals surface area contributed by atoms with Crippen LogP contribution in [0.25, 0.3) is 6.08 Å². The van der Waals surface area contributed by atoms with E-state index < -0.39 is 0 Å². The van der Waals surface area contributed by atoms with Gasteiger partial charge in [-0.15, -0.1) is 0 Å². The lowest BCUT2D eigenvalue weighted by Gasteiger charge is -2.43. The second kappa shape index (κ2) is 8.74. The molecular weight excluding hydrogens is 410 g/mol. The monoisotopic (exact) mass is 440 g/mol. The maximum atomic E-state index is 13.0. The van der Waals surface area contributed by atoms with Gasteiger partial charge in [0.05, 0.1) is 54.0 Å². The summed E-state index contributed by atoms with van der Waals surface area (Å²) < 4.78 is 28.4. The van der Waals surface area contributed by atoms with Crippen LogP contribution in [0.1, 0.15) is 29.2 Å². The molecule has 7 heteroatoms. The van der Waals surface area contributed by atoms with E-state index in [1.165, 1.54) is 0 Å². The summed E-state index contributed by atoms with van der Waals surface area (Å²) in [6, 6.07) is 7.56. The molecule has 0 N–H and O–H groups in total. The van der Waals surface area contributed by atoms with Crippen molar-refractivity contribution in [3.05, 3.63) is 47.0 Å². The molecule has 2 heterocycles. The van der Waals surface area contributed by atoms with Crippen molar-refractivity contribution in [3.63, 3.8) is 0 Å². The Bertz CT molecular complexity index is 1060. The van der Waals surface area contributed by atoms with Crippen molar-refractivity contribution in [2.75, 3.05) is 48.8 Å². The summed E-state index contributed by atoms with van der Waals surface area (Å²) in [5.74, 6) is 3.35. The van der Waals surface area contributed by atoms with Crippen LogP contribution in [0.5, 0.6) is 28.7 Å². The first-order valence-corrected chi connectivity index (χ1v) is 10.6. The molecule has 0 radical (unpaired) electrons. The van der Waals surface area contributed by atoms with Gasteiger partial charge in [0.15, 0.2) is 28.8 Å². The molecule has 2 aromatic carbocycles. The van der Waals surface area contributed by atoms with Crippen LogP contribution in [0.2, 0.25) is 0 Å². The van der Waals surface area contributed by atoms with Crippen molar-refractivity contribution in [3.8, 4) is 28.7 Å². The van der Waals surface area contributed by atoms with E-state index in [0.29, 0.717) is 39.7 Å². The summed E-state index contributed by atoms with van der Waals surface area (Å²) in [5, 5.41) is 0. The third-order valence-corrected chi connectivity index (χ3v) is 6.35. The van der Waals surface area contributed by atoms with Crippen LogP contribution >= 0.6 is 0 Å². The average Bonchev–Trinajstić information content (AvgIpc) is 3.26. The number of allylic oxidation sites excluding steroid dienone is 1. The number of hydrogen-bond acceptors (Lipinski definition) is 6. The molecule has 0 bridgehead atoms. The molecule has 0 aliphatic carbocycles. The van der Waals surface area contributed by atoms with Crippen molar-refractivity contribution in [2.24, 2.45) is 0 Å². The number of nitrogens with zero attached hydrogens (tertiary/aromatic N) is 1. The van der Waals surface area contributed by atoms with E-state index >= 15 is 0 Å². The fourth-order valence-corrected chi connectivity index (χ4v) is 4.52. The first-order valence-electron chi connectivity index (χ1n) is 10.6. The molecule has 32 heavy (non-hydrogen) atoms. The Hall–Kier alpha value is -3.19. The Kier molecular flexibility index (Phi) is 6.02. The maximum Gasteiger partial charge on any atom is 0.231 e. The van der Waals surface area contributed by atoms with Crippen LogP contribution in [0.3, 0.4) is 0 Å². The molecule has 0 aromatic heterocycles. The van der Waals surface area contributed by atoms with E-state index in [-0.39, 0.29) is 18.6 Å². The molecule has 2 aromatic rings. The number of rotatable bonds is 7. The minimum Gasteiger partial charge on any atom is -0.493 e. The van der Waals surface area contributed by atoms with Gasteiger partial charge in [-0.2, -0.15) is 0 Å². The van der Waals surface area contributed by atoms with Gasteiger partial charge in [-0.3, -0.25) is 4.79 Å². The smallest absolute Gasteiger partial charge is 0.231 e. The predicted molar refractivity (Wildman–Crippen MR) is 121 cm³/mol. The first-order chi connectivity index (χ1) is 15.4. The molecule has 0 saturated carbocycles. The van der Waals surface area contributed by atoms with Crippen molar-refractivity contribution >= 4 is 11.9 Å². The molecule has 0 amide bonds. The van der Waals surface area contributed by atoms with Gasteiger partial charge in [-0.25, -0.2) is 0 Å².